The molecule has 3 aromatic heterocycles. The van der Waals surface area contributed by atoms with Crippen LogP contribution in [0.2, 0.25) is 0 Å². The number of halogens is 6. The van der Waals surface area contributed by atoms with Crippen molar-refractivity contribution >= 4 is 17.6 Å². The summed E-state index contributed by atoms with van der Waals surface area (Å²) in [4.78, 5) is 23.9. The molecule has 3 heterocycles. The Bertz CT molecular complexity index is 1150. The summed E-state index contributed by atoms with van der Waals surface area (Å²) in [7, 11) is 0. The van der Waals surface area contributed by atoms with Crippen molar-refractivity contribution in [2.75, 3.05) is 17.4 Å². The number of alkyl halides is 6. The van der Waals surface area contributed by atoms with Gasteiger partial charge in [0.15, 0.2) is 5.82 Å². The van der Waals surface area contributed by atoms with Crippen LogP contribution in [0.4, 0.5) is 43.9 Å². The van der Waals surface area contributed by atoms with Crippen molar-refractivity contribution in [2.24, 2.45) is 0 Å². The second-order valence-electron chi connectivity index (χ2n) is 7.39. The third-order valence-corrected chi connectivity index (χ3v) is 4.01. The Morgan fingerprint density at radius 3 is 2.21 bits per heavy atom. The summed E-state index contributed by atoms with van der Waals surface area (Å²) in [6.07, 6.45) is -8.53. The fourth-order valence-corrected chi connectivity index (χ4v) is 2.32. The van der Waals surface area contributed by atoms with Crippen LogP contribution >= 0.6 is 0 Å². The van der Waals surface area contributed by atoms with Crippen LogP contribution in [0.1, 0.15) is 25.2 Å². The molecule has 0 spiro atoms. The number of nitrogens with one attached hydrogen (secondary N) is 2. The molecule has 0 aromatic carbocycles. The summed E-state index contributed by atoms with van der Waals surface area (Å²) in [5, 5.41) is 11.8. The molecule has 34 heavy (non-hydrogen) atoms. The maximum absolute atomic E-state index is 13.1. The van der Waals surface area contributed by atoms with Gasteiger partial charge in [0.2, 0.25) is 5.95 Å². The minimum atomic E-state index is -4.73. The van der Waals surface area contributed by atoms with Gasteiger partial charge in [-0.2, -0.15) is 41.3 Å². The summed E-state index contributed by atoms with van der Waals surface area (Å²) < 4.78 is 78.1. The number of aliphatic hydroxyl groups is 1. The molecule has 0 bridgehead atoms. The van der Waals surface area contributed by atoms with Gasteiger partial charge in [-0.3, -0.25) is 9.82 Å². The third-order valence-electron chi connectivity index (χ3n) is 4.01. The first-order valence-electron chi connectivity index (χ1n) is 9.43. The number of aliphatic hydroxyl groups excluding tert-OH is 1. The van der Waals surface area contributed by atoms with E-state index in [2.05, 4.69) is 35.7 Å². The van der Waals surface area contributed by atoms with Crippen molar-refractivity contribution in [1.29, 1.82) is 0 Å². The number of pyridine rings is 2. The molecule has 0 saturated heterocycles. The first-order chi connectivity index (χ1) is 15.8. The molecular formula is C19H17F6N7O2. The minimum Gasteiger partial charge on any atom is -0.393 e. The molecule has 3 aromatic rings. The van der Waals surface area contributed by atoms with Gasteiger partial charge in [-0.25, -0.2) is 10.5 Å². The van der Waals surface area contributed by atoms with Crippen LogP contribution in [-0.2, 0) is 17.2 Å². The van der Waals surface area contributed by atoms with Gasteiger partial charge in [0.1, 0.15) is 22.7 Å². The standard InChI is InChI=1S/C19H17F6N7O2/c1-17(2,9-33)34-32-16-30-14(11-4-3-5-12(28-11)18(20,21)22)29-15(31-16)27-10-6-7-26-13(8-10)19(23,24)25/h3-8,33H,9H2,1-2H3,(H2,26,27,29,30,31,32). The van der Waals surface area contributed by atoms with Gasteiger partial charge in [-0.15, -0.1) is 0 Å². The Balaban J connectivity index is 2.02. The van der Waals surface area contributed by atoms with Crippen LogP contribution in [0.25, 0.3) is 11.5 Å². The van der Waals surface area contributed by atoms with Crippen LogP contribution in [0.5, 0.6) is 0 Å². The lowest BCUT2D eigenvalue weighted by Gasteiger charge is -2.22. The molecule has 9 nitrogen and oxygen atoms in total. The smallest absolute Gasteiger partial charge is 0.393 e. The van der Waals surface area contributed by atoms with E-state index in [0.717, 1.165) is 18.3 Å². The average molecular weight is 489 g/mol. The van der Waals surface area contributed by atoms with Gasteiger partial charge < -0.3 is 10.4 Å². The number of hydrogen-bond acceptors (Lipinski definition) is 9. The van der Waals surface area contributed by atoms with E-state index in [0.29, 0.717) is 6.07 Å². The predicted molar refractivity (Wildman–Crippen MR) is 106 cm³/mol. The Hall–Kier alpha value is -3.59. The highest BCUT2D eigenvalue weighted by molar-refractivity contribution is 5.58. The van der Waals surface area contributed by atoms with E-state index in [9.17, 15) is 31.4 Å². The summed E-state index contributed by atoms with van der Waals surface area (Å²) in [5.41, 5.74) is -1.51. The molecule has 3 rings (SSSR count). The first kappa shape index (κ1) is 25.0. The highest BCUT2D eigenvalue weighted by atomic mass is 19.4. The molecule has 0 fully saturated rings. The lowest BCUT2D eigenvalue weighted by molar-refractivity contribution is -0.141. The van der Waals surface area contributed by atoms with Gasteiger partial charge in [-0.1, -0.05) is 6.07 Å². The van der Waals surface area contributed by atoms with Crippen molar-refractivity contribution in [1.82, 2.24) is 24.9 Å². The fourth-order valence-electron chi connectivity index (χ4n) is 2.32. The number of hydrogen-bond donors (Lipinski definition) is 3. The second-order valence-corrected chi connectivity index (χ2v) is 7.39. The molecule has 0 radical (unpaired) electrons. The third kappa shape index (κ3) is 6.48. The molecule has 0 amide bonds. The Morgan fingerprint density at radius 2 is 1.56 bits per heavy atom. The van der Waals surface area contributed by atoms with Crippen molar-refractivity contribution < 1.29 is 36.3 Å². The van der Waals surface area contributed by atoms with E-state index in [4.69, 9.17) is 4.84 Å². The lowest BCUT2D eigenvalue weighted by atomic mass is 10.2. The molecule has 0 atom stereocenters. The molecule has 0 unspecified atom stereocenters. The van der Waals surface area contributed by atoms with Crippen LogP contribution in [-0.4, -0.2) is 42.2 Å². The topological polar surface area (TPSA) is 118 Å². The van der Waals surface area contributed by atoms with Crippen molar-refractivity contribution in [3.63, 3.8) is 0 Å². The maximum Gasteiger partial charge on any atom is 0.433 e. The number of rotatable bonds is 7. The van der Waals surface area contributed by atoms with Crippen molar-refractivity contribution in [2.45, 2.75) is 31.8 Å². The SMILES string of the molecule is CC(C)(CO)ONc1nc(Nc2ccnc(C(F)(F)F)c2)nc(-c2cccc(C(F)(F)F)n2)n1. The Morgan fingerprint density at radius 1 is 0.882 bits per heavy atom. The van der Waals surface area contributed by atoms with Gasteiger partial charge >= 0.3 is 12.4 Å². The quantitative estimate of drug-likeness (QED) is 0.331. The largest absolute Gasteiger partial charge is 0.433 e. The summed E-state index contributed by atoms with van der Waals surface area (Å²) in [6.45, 7) is 2.63. The molecule has 15 heteroatoms. The normalized spacial score (nSPS) is 12.5. The second kappa shape index (κ2) is 9.34. The molecule has 182 valence electrons. The zero-order valence-electron chi connectivity index (χ0n) is 17.5. The van der Waals surface area contributed by atoms with Crippen molar-refractivity contribution in [3.8, 4) is 11.5 Å². The number of nitrogens with zero attached hydrogens (tertiary/aromatic N) is 5. The van der Waals surface area contributed by atoms with Crippen LogP contribution in [0, 0.1) is 0 Å². The van der Waals surface area contributed by atoms with Crippen LogP contribution in [0.3, 0.4) is 0 Å². The van der Waals surface area contributed by atoms with E-state index < -0.39 is 35.9 Å². The maximum atomic E-state index is 13.1. The number of anilines is 3. The average Bonchev–Trinajstić information content (AvgIpc) is 2.77. The number of aromatic nitrogens is 5. The molecule has 0 aliphatic rings. The fraction of sp³-hybridized carbons (Fsp3) is 0.316. The molecule has 0 aliphatic heterocycles. The van der Waals surface area contributed by atoms with E-state index in [1.165, 1.54) is 26.0 Å². The van der Waals surface area contributed by atoms with Crippen LogP contribution in [0.15, 0.2) is 36.5 Å². The Kier molecular flexibility index (Phi) is 6.88. The zero-order valence-corrected chi connectivity index (χ0v) is 17.5. The molecule has 3 N–H and O–H groups in total. The molecular weight excluding hydrogens is 472 g/mol. The summed E-state index contributed by atoms with van der Waals surface area (Å²) in [5.74, 6) is -0.962. The van der Waals surface area contributed by atoms with E-state index in [1.807, 2.05) is 0 Å². The minimum absolute atomic E-state index is 0.0981. The van der Waals surface area contributed by atoms with Crippen LogP contribution < -0.4 is 10.8 Å². The lowest BCUT2D eigenvalue weighted by Crippen LogP contribution is -2.32. The summed E-state index contributed by atoms with van der Waals surface area (Å²) >= 11 is 0. The predicted octanol–water partition coefficient (Wildman–Crippen LogP) is 4.22. The van der Waals surface area contributed by atoms with Gasteiger partial charge in [0.05, 0.1) is 6.61 Å². The molecule has 0 saturated carbocycles. The Labute approximate surface area is 188 Å². The highest BCUT2D eigenvalue weighted by Gasteiger charge is 2.33. The monoisotopic (exact) mass is 489 g/mol. The zero-order chi connectivity index (χ0) is 25.1. The van der Waals surface area contributed by atoms with E-state index in [-0.39, 0.29) is 29.1 Å². The van der Waals surface area contributed by atoms with Gasteiger partial charge in [-0.05, 0) is 38.1 Å². The van der Waals surface area contributed by atoms with E-state index in [1.54, 1.807) is 0 Å². The van der Waals surface area contributed by atoms with E-state index >= 15 is 0 Å². The summed E-state index contributed by atoms with van der Waals surface area (Å²) in [6, 6.07) is 4.97. The highest BCUT2D eigenvalue weighted by Crippen LogP contribution is 2.31. The van der Waals surface area contributed by atoms with Gasteiger partial charge in [0.25, 0.3) is 5.95 Å². The molecule has 0 aliphatic carbocycles. The first-order valence-corrected chi connectivity index (χ1v) is 9.43. The van der Waals surface area contributed by atoms with Crippen molar-refractivity contribution in [3.05, 3.63) is 47.9 Å². The van der Waals surface area contributed by atoms with Gasteiger partial charge in [0, 0.05) is 11.9 Å².